The maximum Gasteiger partial charge on any atom is 0.262 e. The Labute approximate surface area is 117 Å². The van der Waals surface area contributed by atoms with Crippen LogP contribution in [0.25, 0.3) is 0 Å². The summed E-state index contributed by atoms with van der Waals surface area (Å²) in [5.41, 5.74) is 4.53. The average Bonchev–Trinajstić information content (AvgIpc) is 2.94. The number of amides is 1. The van der Waals surface area contributed by atoms with Crippen molar-refractivity contribution in [2.45, 2.75) is 19.9 Å². The Bertz CT molecular complexity index is 574. The quantitative estimate of drug-likeness (QED) is 0.648. The average molecular weight is 271 g/mol. The van der Waals surface area contributed by atoms with Crippen LogP contribution in [0, 0.1) is 6.92 Å². The second-order valence-corrected chi connectivity index (χ2v) is 4.48. The molecule has 1 atom stereocenters. The van der Waals surface area contributed by atoms with Crippen molar-refractivity contribution < 1.29 is 9.21 Å². The second kappa shape index (κ2) is 6.56. The van der Waals surface area contributed by atoms with Crippen LogP contribution in [0.1, 0.15) is 18.2 Å². The lowest BCUT2D eigenvalue weighted by Gasteiger charge is -2.13. The standard InChI is InChI=1S/C15H17N3O2/c1-11-5-7-13(8-6-11)17-12(2)15(19)18-16-10-14-4-3-9-20-14/h3-10,12,17H,1-2H3,(H,18,19). The molecule has 5 heteroatoms. The van der Waals surface area contributed by atoms with E-state index in [4.69, 9.17) is 4.42 Å². The second-order valence-electron chi connectivity index (χ2n) is 4.48. The molecule has 0 aliphatic rings. The van der Waals surface area contributed by atoms with E-state index in [1.165, 1.54) is 11.8 Å². The topological polar surface area (TPSA) is 66.6 Å². The summed E-state index contributed by atoms with van der Waals surface area (Å²) >= 11 is 0. The number of hydrogen-bond donors (Lipinski definition) is 2. The molecule has 1 aromatic carbocycles. The first kappa shape index (κ1) is 13.9. The van der Waals surface area contributed by atoms with Crippen LogP contribution < -0.4 is 10.7 Å². The molecule has 2 N–H and O–H groups in total. The van der Waals surface area contributed by atoms with E-state index in [1.807, 2.05) is 31.2 Å². The minimum atomic E-state index is -0.383. The van der Waals surface area contributed by atoms with E-state index >= 15 is 0 Å². The van der Waals surface area contributed by atoms with Crippen LogP contribution in [0.5, 0.6) is 0 Å². The van der Waals surface area contributed by atoms with E-state index in [2.05, 4.69) is 15.8 Å². The highest BCUT2D eigenvalue weighted by Gasteiger charge is 2.11. The van der Waals surface area contributed by atoms with Gasteiger partial charge in [0, 0.05) is 5.69 Å². The molecule has 1 heterocycles. The first-order chi connectivity index (χ1) is 9.65. The molecular formula is C15H17N3O2. The number of aryl methyl sites for hydroxylation is 1. The fourth-order valence-electron chi connectivity index (χ4n) is 1.59. The number of hydrazone groups is 1. The highest BCUT2D eigenvalue weighted by atomic mass is 16.3. The molecule has 0 spiro atoms. The molecular weight excluding hydrogens is 254 g/mol. The van der Waals surface area contributed by atoms with Gasteiger partial charge in [0.1, 0.15) is 11.8 Å². The summed E-state index contributed by atoms with van der Waals surface area (Å²) in [6, 6.07) is 11.0. The van der Waals surface area contributed by atoms with Crippen molar-refractivity contribution >= 4 is 17.8 Å². The van der Waals surface area contributed by atoms with Gasteiger partial charge in [-0.25, -0.2) is 5.43 Å². The Balaban J connectivity index is 1.84. The van der Waals surface area contributed by atoms with Gasteiger partial charge in [0.05, 0.1) is 12.5 Å². The van der Waals surface area contributed by atoms with Crippen LogP contribution in [-0.2, 0) is 4.79 Å². The summed E-state index contributed by atoms with van der Waals surface area (Å²) in [5.74, 6) is 0.373. The maximum atomic E-state index is 11.8. The predicted octanol–water partition coefficient (Wildman–Crippen LogP) is 2.54. The number of hydrogen-bond acceptors (Lipinski definition) is 4. The lowest BCUT2D eigenvalue weighted by atomic mass is 10.2. The van der Waals surface area contributed by atoms with Gasteiger partial charge in [-0.1, -0.05) is 17.7 Å². The third kappa shape index (κ3) is 3.98. The highest BCUT2D eigenvalue weighted by molar-refractivity contribution is 5.85. The van der Waals surface area contributed by atoms with Gasteiger partial charge in [-0.05, 0) is 38.1 Å². The molecule has 2 aromatic rings. The van der Waals surface area contributed by atoms with Gasteiger partial charge in [0.2, 0.25) is 0 Å². The highest BCUT2D eigenvalue weighted by Crippen LogP contribution is 2.09. The minimum absolute atomic E-state index is 0.214. The first-order valence-corrected chi connectivity index (χ1v) is 6.35. The number of furan rings is 1. The molecule has 0 radical (unpaired) electrons. The van der Waals surface area contributed by atoms with Gasteiger partial charge in [-0.15, -0.1) is 0 Å². The van der Waals surface area contributed by atoms with Gasteiger partial charge in [-0.3, -0.25) is 4.79 Å². The largest absolute Gasteiger partial charge is 0.463 e. The zero-order valence-corrected chi connectivity index (χ0v) is 11.5. The molecule has 1 amide bonds. The Morgan fingerprint density at radius 2 is 2.05 bits per heavy atom. The van der Waals surface area contributed by atoms with Gasteiger partial charge < -0.3 is 9.73 Å². The fraction of sp³-hybridized carbons (Fsp3) is 0.200. The number of rotatable bonds is 5. The number of nitrogens with zero attached hydrogens (tertiary/aromatic N) is 1. The smallest absolute Gasteiger partial charge is 0.262 e. The molecule has 0 aliphatic heterocycles. The molecule has 0 saturated heterocycles. The van der Waals surface area contributed by atoms with E-state index in [9.17, 15) is 4.79 Å². The van der Waals surface area contributed by atoms with E-state index in [-0.39, 0.29) is 11.9 Å². The van der Waals surface area contributed by atoms with Crippen molar-refractivity contribution in [3.8, 4) is 0 Å². The van der Waals surface area contributed by atoms with E-state index < -0.39 is 0 Å². The van der Waals surface area contributed by atoms with Gasteiger partial charge in [0.25, 0.3) is 5.91 Å². The lowest BCUT2D eigenvalue weighted by Crippen LogP contribution is -2.34. The van der Waals surface area contributed by atoms with Crippen LogP contribution in [-0.4, -0.2) is 18.2 Å². The van der Waals surface area contributed by atoms with E-state index in [0.29, 0.717) is 5.76 Å². The maximum absolute atomic E-state index is 11.8. The lowest BCUT2D eigenvalue weighted by molar-refractivity contribution is -0.121. The zero-order chi connectivity index (χ0) is 14.4. The molecule has 0 aliphatic carbocycles. The Morgan fingerprint density at radius 1 is 1.30 bits per heavy atom. The summed E-state index contributed by atoms with van der Waals surface area (Å²) in [4.78, 5) is 11.8. The normalized spacial score (nSPS) is 12.3. The molecule has 0 bridgehead atoms. The van der Waals surface area contributed by atoms with Crippen LogP contribution in [0.15, 0.2) is 52.2 Å². The minimum Gasteiger partial charge on any atom is -0.463 e. The summed E-state index contributed by atoms with van der Waals surface area (Å²) in [5, 5.41) is 6.94. The molecule has 104 valence electrons. The van der Waals surface area contributed by atoms with Crippen molar-refractivity contribution in [3.05, 3.63) is 54.0 Å². The van der Waals surface area contributed by atoms with Crippen LogP contribution >= 0.6 is 0 Å². The zero-order valence-electron chi connectivity index (χ0n) is 11.5. The van der Waals surface area contributed by atoms with Crippen molar-refractivity contribution in [1.29, 1.82) is 0 Å². The van der Waals surface area contributed by atoms with Crippen molar-refractivity contribution in [2.75, 3.05) is 5.32 Å². The Morgan fingerprint density at radius 3 is 2.70 bits per heavy atom. The molecule has 0 saturated carbocycles. The van der Waals surface area contributed by atoms with Gasteiger partial charge in [-0.2, -0.15) is 5.10 Å². The monoisotopic (exact) mass is 271 g/mol. The van der Waals surface area contributed by atoms with Crippen molar-refractivity contribution in [2.24, 2.45) is 5.10 Å². The number of anilines is 1. The summed E-state index contributed by atoms with van der Waals surface area (Å²) in [6.45, 7) is 3.79. The number of benzene rings is 1. The Kier molecular flexibility index (Phi) is 4.55. The number of nitrogens with one attached hydrogen (secondary N) is 2. The van der Waals surface area contributed by atoms with Gasteiger partial charge >= 0.3 is 0 Å². The molecule has 20 heavy (non-hydrogen) atoms. The van der Waals surface area contributed by atoms with Crippen molar-refractivity contribution in [3.63, 3.8) is 0 Å². The molecule has 0 fully saturated rings. The van der Waals surface area contributed by atoms with Crippen LogP contribution in [0.3, 0.4) is 0 Å². The number of carbonyl (C=O) groups is 1. The van der Waals surface area contributed by atoms with Crippen LogP contribution in [0.2, 0.25) is 0 Å². The molecule has 2 rings (SSSR count). The third-order valence-corrected chi connectivity index (χ3v) is 2.74. The van der Waals surface area contributed by atoms with Crippen LogP contribution in [0.4, 0.5) is 5.69 Å². The van der Waals surface area contributed by atoms with Crippen molar-refractivity contribution in [1.82, 2.24) is 5.43 Å². The summed E-state index contributed by atoms with van der Waals surface area (Å²) < 4.78 is 5.07. The molecule has 1 aromatic heterocycles. The Hall–Kier alpha value is -2.56. The van der Waals surface area contributed by atoms with E-state index in [0.717, 1.165) is 5.69 Å². The molecule has 5 nitrogen and oxygen atoms in total. The number of carbonyl (C=O) groups excluding carboxylic acids is 1. The summed E-state index contributed by atoms with van der Waals surface area (Å²) in [6.07, 6.45) is 3.00. The molecule has 1 unspecified atom stereocenters. The third-order valence-electron chi connectivity index (χ3n) is 2.74. The van der Waals surface area contributed by atoms with Gasteiger partial charge in [0.15, 0.2) is 0 Å². The summed E-state index contributed by atoms with van der Waals surface area (Å²) in [7, 11) is 0. The van der Waals surface area contributed by atoms with E-state index in [1.54, 1.807) is 25.3 Å². The SMILES string of the molecule is Cc1ccc(NC(C)C(=O)NN=Cc2ccco2)cc1. The fourth-order valence-corrected chi connectivity index (χ4v) is 1.59. The first-order valence-electron chi connectivity index (χ1n) is 6.35. The predicted molar refractivity (Wildman–Crippen MR) is 78.7 cm³/mol.